The second kappa shape index (κ2) is 5.41. The summed E-state index contributed by atoms with van der Waals surface area (Å²) in [7, 11) is 0. The molecule has 1 aromatic rings. The maximum atomic E-state index is 14.0. The first-order valence-corrected chi connectivity index (χ1v) is 6.98. The number of rotatable bonds is 1. The molecule has 2 aliphatic rings. The fraction of sp³-hybridized carbons (Fsp3) is 0.692. The molecule has 2 unspecified atom stereocenters. The molecule has 3 rings (SSSR count). The van der Waals surface area contributed by atoms with Crippen LogP contribution in [0.25, 0.3) is 0 Å². The van der Waals surface area contributed by atoms with E-state index in [1.807, 2.05) is 0 Å². The van der Waals surface area contributed by atoms with Gasteiger partial charge in [-0.25, -0.2) is 22.0 Å². The molecule has 0 radical (unpaired) electrons. The summed E-state index contributed by atoms with van der Waals surface area (Å²) >= 11 is 0. The van der Waals surface area contributed by atoms with Crippen LogP contribution in [0.15, 0.2) is 0 Å². The van der Waals surface area contributed by atoms with E-state index in [2.05, 4.69) is 5.10 Å². The smallest absolute Gasteiger partial charge is 0.291 e. The predicted octanol–water partition coefficient (Wildman–Crippen LogP) is 3.80. The minimum absolute atomic E-state index is 0.297. The molecule has 6 atom stereocenters. The van der Waals surface area contributed by atoms with Crippen LogP contribution < -0.4 is 0 Å². The molecule has 0 bridgehead atoms. The van der Waals surface area contributed by atoms with Gasteiger partial charge in [-0.05, 0) is 0 Å². The van der Waals surface area contributed by atoms with Crippen LogP contribution in [0.4, 0.5) is 35.1 Å². The third kappa shape index (κ3) is 2.39. The third-order valence-electron chi connectivity index (χ3n) is 4.26. The van der Waals surface area contributed by atoms with Crippen molar-refractivity contribution in [1.82, 2.24) is 9.78 Å². The minimum Gasteiger partial charge on any atom is -0.291 e. The second-order valence-electron chi connectivity index (χ2n) is 5.82. The lowest BCUT2D eigenvalue weighted by Gasteiger charge is -2.31. The molecule has 0 saturated heterocycles. The number of fused-ring (bicyclic) bond motifs is 1. The summed E-state index contributed by atoms with van der Waals surface area (Å²) in [5, 5.41) is 3.06. The van der Waals surface area contributed by atoms with E-state index in [0.29, 0.717) is 4.68 Å². The van der Waals surface area contributed by atoms with Crippen LogP contribution in [-0.4, -0.2) is 40.3 Å². The van der Waals surface area contributed by atoms with Gasteiger partial charge < -0.3 is 0 Å². The van der Waals surface area contributed by atoms with Crippen molar-refractivity contribution in [2.75, 3.05) is 0 Å². The monoisotopic (exact) mass is 362 g/mol. The molecule has 3 nitrogen and oxygen atoms in total. The maximum absolute atomic E-state index is 14.0. The van der Waals surface area contributed by atoms with Gasteiger partial charge >= 0.3 is 6.18 Å². The Kier molecular flexibility index (Phi) is 3.87. The van der Waals surface area contributed by atoms with E-state index < -0.39 is 78.7 Å². The van der Waals surface area contributed by atoms with Gasteiger partial charge in [0.15, 0.2) is 24.2 Å². The van der Waals surface area contributed by atoms with E-state index in [1.54, 1.807) is 0 Å². The molecule has 1 fully saturated rings. The maximum Gasteiger partial charge on any atom is 0.435 e. The first-order valence-electron chi connectivity index (χ1n) is 6.98. The first-order chi connectivity index (χ1) is 11.0. The summed E-state index contributed by atoms with van der Waals surface area (Å²) in [5.74, 6) is -1.72. The van der Waals surface area contributed by atoms with Gasteiger partial charge in [-0.15, -0.1) is 0 Å². The topological polar surface area (TPSA) is 34.9 Å². The van der Waals surface area contributed by atoms with Gasteiger partial charge in [0.2, 0.25) is 5.78 Å². The number of alkyl halides is 8. The number of halogens is 8. The molecule has 2 aliphatic carbocycles. The molecule has 11 heteroatoms. The van der Waals surface area contributed by atoms with E-state index in [4.69, 9.17) is 0 Å². The molecule has 134 valence electrons. The summed E-state index contributed by atoms with van der Waals surface area (Å²) in [4.78, 5) is 11.6. The van der Waals surface area contributed by atoms with Gasteiger partial charge in [0.1, 0.15) is 12.3 Å². The Morgan fingerprint density at radius 2 is 1.50 bits per heavy atom. The zero-order chi connectivity index (χ0) is 18.0. The van der Waals surface area contributed by atoms with Gasteiger partial charge in [0, 0.05) is 12.8 Å². The Morgan fingerprint density at radius 1 is 0.958 bits per heavy atom. The van der Waals surface area contributed by atoms with Crippen molar-refractivity contribution in [3.8, 4) is 0 Å². The quantitative estimate of drug-likeness (QED) is 0.713. The molecule has 1 saturated carbocycles. The van der Waals surface area contributed by atoms with Crippen molar-refractivity contribution in [2.24, 2.45) is 0 Å². The van der Waals surface area contributed by atoms with E-state index in [9.17, 15) is 39.9 Å². The summed E-state index contributed by atoms with van der Waals surface area (Å²) in [6.45, 7) is 0. The molecule has 1 aromatic heterocycles. The van der Waals surface area contributed by atoms with Gasteiger partial charge in [0.25, 0.3) is 0 Å². The van der Waals surface area contributed by atoms with Crippen molar-refractivity contribution >= 4 is 5.78 Å². The highest BCUT2D eigenvalue weighted by atomic mass is 19.4. The standard InChI is InChI=1S/C13H10F8N2O/c14-4-1-3(2-5(15)7(4)16)23-10-6(11(24)9(18)8(10)17)12(22-23)13(19,20)21/h3-5,7-9H,1-2H2/t3?,4-,5+,7?,8-,9+/m0/s1. The number of ketones is 1. The molecule has 0 amide bonds. The molecular weight excluding hydrogens is 352 g/mol. The summed E-state index contributed by atoms with van der Waals surface area (Å²) in [6.07, 6.45) is -19.4. The number of carbonyl (C=O) groups excluding carboxylic acids is 1. The Labute approximate surface area is 129 Å². The molecule has 24 heavy (non-hydrogen) atoms. The SMILES string of the molecule is O=C1c2c(C(F)(F)F)nn(C3C[C@@H](F)C(F)[C@@H](F)C3)c2[C@@H](F)[C@H]1F. The highest BCUT2D eigenvalue weighted by Crippen LogP contribution is 2.46. The fourth-order valence-electron chi connectivity index (χ4n) is 3.14. The van der Waals surface area contributed by atoms with E-state index >= 15 is 0 Å². The van der Waals surface area contributed by atoms with Crippen molar-refractivity contribution in [3.63, 3.8) is 0 Å². The van der Waals surface area contributed by atoms with E-state index in [1.165, 1.54) is 0 Å². The zero-order valence-corrected chi connectivity index (χ0v) is 11.7. The van der Waals surface area contributed by atoms with Crippen molar-refractivity contribution in [3.05, 3.63) is 17.0 Å². The van der Waals surface area contributed by atoms with Crippen molar-refractivity contribution in [2.45, 2.75) is 55.9 Å². The number of carbonyl (C=O) groups is 1. The highest BCUT2D eigenvalue weighted by molar-refractivity contribution is 6.05. The van der Waals surface area contributed by atoms with Crippen LogP contribution in [0, 0.1) is 0 Å². The molecule has 0 spiro atoms. The van der Waals surface area contributed by atoms with Crippen LogP contribution in [0.1, 0.15) is 46.8 Å². The van der Waals surface area contributed by atoms with Gasteiger partial charge in [-0.2, -0.15) is 18.3 Å². The lowest BCUT2D eigenvalue weighted by atomic mass is 9.90. The normalized spacial score (nSPS) is 36.9. The summed E-state index contributed by atoms with van der Waals surface area (Å²) in [5.41, 5.74) is -4.07. The first kappa shape index (κ1) is 17.2. The fourth-order valence-corrected chi connectivity index (χ4v) is 3.14. The van der Waals surface area contributed by atoms with E-state index in [-0.39, 0.29) is 0 Å². The van der Waals surface area contributed by atoms with Gasteiger partial charge in [-0.3, -0.25) is 9.48 Å². The summed E-state index contributed by atoms with van der Waals surface area (Å²) in [6, 6.07) is -1.46. The predicted molar refractivity (Wildman–Crippen MR) is 63.3 cm³/mol. The van der Waals surface area contributed by atoms with Crippen molar-refractivity contribution in [1.29, 1.82) is 0 Å². The average molecular weight is 362 g/mol. The Balaban J connectivity index is 2.11. The number of hydrogen-bond acceptors (Lipinski definition) is 2. The largest absolute Gasteiger partial charge is 0.435 e. The Bertz CT molecular complexity index is 660. The minimum atomic E-state index is -5.18. The van der Waals surface area contributed by atoms with Crippen molar-refractivity contribution < 1.29 is 39.9 Å². The highest BCUT2D eigenvalue weighted by Gasteiger charge is 2.53. The van der Waals surface area contributed by atoms with Crippen LogP contribution >= 0.6 is 0 Å². The third-order valence-corrected chi connectivity index (χ3v) is 4.26. The molecule has 0 aliphatic heterocycles. The van der Waals surface area contributed by atoms with E-state index in [0.717, 1.165) is 0 Å². The number of Topliss-reactive ketones (excluding diaryl/α,β-unsaturated/α-hetero) is 1. The molecule has 1 heterocycles. The lowest BCUT2D eigenvalue weighted by Crippen LogP contribution is -2.38. The Hall–Kier alpha value is -1.68. The van der Waals surface area contributed by atoms with Crippen LogP contribution in [0.2, 0.25) is 0 Å². The second-order valence-corrected chi connectivity index (χ2v) is 5.82. The summed E-state index contributed by atoms with van der Waals surface area (Å²) < 4.78 is 107. The average Bonchev–Trinajstić information content (AvgIpc) is 2.98. The number of hydrogen-bond donors (Lipinski definition) is 0. The van der Waals surface area contributed by atoms with Crippen LogP contribution in [0.3, 0.4) is 0 Å². The number of aromatic nitrogens is 2. The Morgan fingerprint density at radius 3 is 2.00 bits per heavy atom. The molecule has 0 N–H and O–H groups in total. The van der Waals surface area contributed by atoms with Crippen LogP contribution in [-0.2, 0) is 6.18 Å². The lowest BCUT2D eigenvalue weighted by molar-refractivity contribution is -0.142. The molecule has 0 aromatic carbocycles. The number of nitrogens with zero attached hydrogens (tertiary/aromatic N) is 2. The van der Waals surface area contributed by atoms with Gasteiger partial charge in [-0.1, -0.05) is 0 Å². The van der Waals surface area contributed by atoms with Gasteiger partial charge in [0.05, 0.1) is 17.3 Å². The molecular formula is C13H10F8N2O. The zero-order valence-electron chi connectivity index (χ0n) is 11.7. The van der Waals surface area contributed by atoms with Crippen LogP contribution in [0.5, 0.6) is 0 Å².